The molecule has 0 bridgehead atoms. The lowest BCUT2D eigenvalue weighted by molar-refractivity contribution is -0.135. The summed E-state index contributed by atoms with van der Waals surface area (Å²) in [6.07, 6.45) is 0.523. The van der Waals surface area contributed by atoms with Crippen LogP contribution in [0.2, 0.25) is 5.02 Å². The van der Waals surface area contributed by atoms with Crippen molar-refractivity contribution in [2.75, 3.05) is 20.2 Å². The largest absolute Gasteiger partial charge is 0.393 e. The first-order valence-corrected chi connectivity index (χ1v) is 6.62. The minimum absolute atomic E-state index is 0.0382. The maximum Gasteiger partial charge on any atom is 0.248 e. The number of thiocarbonyl (C=S) groups is 1. The third-order valence-electron chi connectivity index (χ3n) is 2.53. The van der Waals surface area contributed by atoms with E-state index < -0.39 is 0 Å². The highest BCUT2D eigenvalue weighted by Crippen LogP contribution is 2.10. The van der Waals surface area contributed by atoms with E-state index in [1.807, 2.05) is 12.1 Å². The van der Waals surface area contributed by atoms with Crippen molar-refractivity contribution in [3.05, 3.63) is 34.9 Å². The molecule has 1 aromatic carbocycles. The van der Waals surface area contributed by atoms with Crippen molar-refractivity contribution >= 4 is 34.7 Å². The highest BCUT2D eigenvalue weighted by Gasteiger charge is 2.08. The number of rotatable bonds is 7. The number of hydrogen-bond donors (Lipinski definition) is 1. The molecule has 0 saturated heterocycles. The number of amides is 1. The number of nitrogens with zero attached hydrogens (tertiary/aromatic N) is 1. The summed E-state index contributed by atoms with van der Waals surface area (Å²) in [6.45, 7) is 0.932. The van der Waals surface area contributed by atoms with Crippen LogP contribution in [0.1, 0.15) is 12.0 Å². The van der Waals surface area contributed by atoms with Gasteiger partial charge >= 0.3 is 0 Å². The molecule has 1 aromatic rings. The van der Waals surface area contributed by atoms with Crippen LogP contribution in [0.5, 0.6) is 0 Å². The molecule has 0 saturated carbocycles. The SMILES string of the molecule is CN(CCC(N)=S)C(=O)COCc1ccc(Cl)cc1. The number of carbonyl (C=O) groups excluding carboxylic acids is 1. The predicted molar refractivity (Wildman–Crippen MR) is 80.1 cm³/mol. The van der Waals surface area contributed by atoms with Gasteiger partial charge in [0.25, 0.3) is 0 Å². The zero-order valence-electron chi connectivity index (χ0n) is 10.8. The van der Waals surface area contributed by atoms with Gasteiger partial charge in [0.1, 0.15) is 6.61 Å². The van der Waals surface area contributed by atoms with Crippen LogP contribution >= 0.6 is 23.8 Å². The molecule has 1 rings (SSSR count). The second-order valence-corrected chi connectivity index (χ2v) is 5.11. The topological polar surface area (TPSA) is 55.6 Å². The third-order valence-corrected chi connectivity index (χ3v) is 2.98. The lowest BCUT2D eigenvalue weighted by Gasteiger charge is -2.16. The highest BCUT2D eigenvalue weighted by atomic mass is 35.5. The van der Waals surface area contributed by atoms with Crippen molar-refractivity contribution in [2.24, 2.45) is 5.73 Å². The average molecular weight is 301 g/mol. The Morgan fingerprint density at radius 2 is 2.05 bits per heavy atom. The maximum atomic E-state index is 11.7. The summed E-state index contributed by atoms with van der Waals surface area (Å²) >= 11 is 10.5. The summed E-state index contributed by atoms with van der Waals surface area (Å²) in [7, 11) is 1.70. The van der Waals surface area contributed by atoms with E-state index in [1.165, 1.54) is 0 Å². The number of halogens is 1. The summed E-state index contributed by atoms with van der Waals surface area (Å²) in [5.41, 5.74) is 6.36. The van der Waals surface area contributed by atoms with Gasteiger partial charge in [-0.2, -0.15) is 0 Å². The molecule has 0 heterocycles. The number of nitrogens with two attached hydrogens (primary N) is 1. The van der Waals surface area contributed by atoms with Crippen LogP contribution in [-0.2, 0) is 16.1 Å². The Kier molecular flexibility index (Phi) is 6.77. The molecule has 0 radical (unpaired) electrons. The maximum absolute atomic E-state index is 11.7. The molecular weight excluding hydrogens is 284 g/mol. The monoisotopic (exact) mass is 300 g/mol. The first kappa shape index (κ1) is 15.9. The molecule has 1 amide bonds. The summed E-state index contributed by atoms with van der Waals surface area (Å²) in [5, 5.41) is 0.678. The highest BCUT2D eigenvalue weighted by molar-refractivity contribution is 7.80. The Labute approximate surface area is 123 Å². The summed E-state index contributed by atoms with van der Waals surface area (Å²) in [4.78, 5) is 13.7. The Morgan fingerprint density at radius 3 is 2.63 bits per heavy atom. The standard InChI is InChI=1S/C13H17ClN2O2S/c1-16(7-6-12(15)19)13(17)9-18-8-10-2-4-11(14)5-3-10/h2-5H,6-9H2,1H3,(H2,15,19). The predicted octanol–water partition coefficient (Wildman–Crippen LogP) is 1.99. The van der Waals surface area contributed by atoms with Crippen LogP contribution in [-0.4, -0.2) is 36.0 Å². The normalized spacial score (nSPS) is 10.2. The molecule has 2 N–H and O–H groups in total. The van der Waals surface area contributed by atoms with Gasteiger partial charge in [0.15, 0.2) is 0 Å². The van der Waals surface area contributed by atoms with Crippen LogP contribution in [0.25, 0.3) is 0 Å². The van der Waals surface area contributed by atoms with Gasteiger partial charge in [-0.1, -0.05) is 36.0 Å². The second-order valence-electron chi connectivity index (χ2n) is 4.15. The average Bonchev–Trinajstić information content (AvgIpc) is 2.38. The number of carbonyl (C=O) groups is 1. The van der Waals surface area contributed by atoms with E-state index in [2.05, 4.69) is 0 Å². The van der Waals surface area contributed by atoms with Gasteiger partial charge in [-0.05, 0) is 17.7 Å². The minimum Gasteiger partial charge on any atom is -0.393 e. The van der Waals surface area contributed by atoms with E-state index in [0.29, 0.717) is 29.6 Å². The molecule has 0 fully saturated rings. The van der Waals surface area contributed by atoms with Crippen LogP contribution in [0.15, 0.2) is 24.3 Å². The third kappa shape index (κ3) is 6.52. The molecule has 104 valence electrons. The smallest absolute Gasteiger partial charge is 0.248 e. The Hall–Kier alpha value is -1.17. The molecule has 19 heavy (non-hydrogen) atoms. The van der Waals surface area contributed by atoms with E-state index in [0.717, 1.165) is 5.56 Å². The first-order chi connectivity index (χ1) is 8.99. The molecule has 0 aliphatic heterocycles. The molecule has 0 unspecified atom stereocenters. The van der Waals surface area contributed by atoms with E-state index in [9.17, 15) is 4.79 Å². The molecular formula is C13H17ClN2O2S. The van der Waals surface area contributed by atoms with Gasteiger partial charge in [-0.25, -0.2) is 0 Å². The lowest BCUT2D eigenvalue weighted by atomic mass is 10.2. The van der Waals surface area contributed by atoms with Gasteiger partial charge < -0.3 is 15.4 Å². The summed E-state index contributed by atoms with van der Waals surface area (Å²) in [5.74, 6) is -0.0924. The second kappa shape index (κ2) is 8.09. The van der Waals surface area contributed by atoms with Gasteiger partial charge in [-0.15, -0.1) is 0 Å². The minimum atomic E-state index is -0.0924. The molecule has 6 heteroatoms. The lowest BCUT2D eigenvalue weighted by Crippen LogP contribution is -2.32. The summed E-state index contributed by atoms with van der Waals surface area (Å²) in [6, 6.07) is 7.31. The van der Waals surface area contributed by atoms with E-state index in [-0.39, 0.29) is 12.5 Å². The van der Waals surface area contributed by atoms with Crippen molar-refractivity contribution in [3.63, 3.8) is 0 Å². The van der Waals surface area contributed by atoms with Gasteiger partial charge in [0.05, 0.1) is 11.6 Å². The quantitative estimate of drug-likeness (QED) is 0.783. The van der Waals surface area contributed by atoms with Crippen molar-refractivity contribution in [1.29, 1.82) is 0 Å². The Morgan fingerprint density at radius 1 is 1.42 bits per heavy atom. The van der Waals surface area contributed by atoms with E-state index in [1.54, 1.807) is 24.1 Å². The molecule has 0 aromatic heterocycles. The molecule has 0 aliphatic carbocycles. The fourth-order valence-electron chi connectivity index (χ4n) is 1.35. The fraction of sp³-hybridized carbons (Fsp3) is 0.385. The first-order valence-electron chi connectivity index (χ1n) is 5.83. The van der Waals surface area contributed by atoms with E-state index in [4.69, 9.17) is 34.3 Å². The Bertz CT molecular complexity index is 437. The molecule has 0 spiro atoms. The fourth-order valence-corrected chi connectivity index (χ4v) is 1.57. The number of likely N-dealkylation sites (N-methyl/N-ethyl adjacent to an activating group) is 1. The van der Waals surface area contributed by atoms with Gasteiger partial charge in [0.2, 0.25) is 5.91 Å². The molecule has 4 nitrogen and oxygen atoms in total. The van der Waals surface area contributed by atoms with Gasteiger partial charge in [-0.3, -0.25) is 4.79 Å². The zero-order chi connectivity index (χ0) is 14.3. The zero-order valence-corrected chi connectivity index (χ0v) is 12.3. The van der Waals surface area contributed by atoms with Crippen molar-refractivity contribution in [2.45, 2.75) is 13.0 Å². The summed E-state index contributed by atoms with van der Waals surface area (Å²) < 4.78 is 5.35. The van der Waals surface area contributed by atoms with Crippen molar-refractivity contribution in [3.8, 4) is 0 Å². The van der Waals surface area contributed by atoms with Crippen LogP contribution in [0.3, 0.4) is 0 Å². The molecule has 0 aliphatic rings. The van der Waals surface area contributed by atoms with Crippen LogP contribution in [0.4, 0.5) is 0 Å². The number of benzene rings is 1. The Balaban J connectivity index is 2.26. The number of hydrogen-bond acceptors (Lipinski definition) is 3. The van der Waals surface area contributed by atoms with Crippen LogP contribution in [0, 0.1) is 0 Å². The van der Waals surface area contributed by atoms with Crippen molar-refractivity contribution < 1.29 is 9.53 Å². The van der Waals surface area contributed by atoms with Gasteiger partial charge in [0, 0.05) is 25.0 Å². The van der Waals surface area contributed by atoms with Crippen molar-refractivity contribution in [1.82, 2.24) is 4.90 Å². The molecule has 0 atom stereocenters. The van der Waals surface area contributed by atoms with E-state index >= 15 is 0 Å². The van der Waals surface area contributed by atoms with Crippen LogP contribution < -0.4 is 5.73 Å². The number of ether oxygens (including phenoxy) is 1.